The lowest BCUT2D eigenvalue weighted by Crippen LogP contribution is -1.95. The number of aryl methyl sites for hydroxylation is 2. The van der Waals surface area contributed by atoms with Crippen molar-refractivity contribution in [3.63, 3.8) is 0 Å². The third kappa shape index (κ3) is 1.81. The molecule has 0 saturated heterocycles. The van der Waals surface area contributed by atoms with Crippen molar-refractivity contribution in [1.29, 1.82) is 0 Å². The Kier molecular flexibility index (Phi) is 2.86. The number of nitrogens with zero attached hydrogens (tertiary/aromatic N) is 2. The minimum absolute atomic E-state index is 0.630. The molecule has 0 aliphatic carbocycles. The van der Waals surface area contributed by atoms with Crippen LogP contribution in [0.4, 0.5) is 5.82 Å². The molecule has 20 heavy (non-hydrogen) atoms. The van der Waals surface area contributed by atoms with Gasteiger partial charge < -0.3 is 10.5 Å². The number of rotatable bonds is 2. The van der Waals surface area contributed by atoms with E-state index in [0.717, 1.165) is 22.7 Å². The summed E-state index contributed by atoms with van der Waals surface area (Å²) < 4.78 is 7.20. The Bertz CT molecular complexity index is 790. The smallest absolute Gasteiger partial charge is 0.181 e. The number of hydrogen-bond acceptors (Lipinski definition) is 3. The van der Waals surface area contributed by atoms with Crippen LogP contribution in [0.15, 0.2) is 36.5 Å². The van der Waals surface area contributed by atoms with Crippen LogP contribution in [-0.2, 0) is 0 Å². The van der Waals surface area contributed by atoms with E-state index in [9.17, 15) is 0 Å². The van der Waals surface area contributed by atoms with Crippen LogP contribution in [0.1, 0.15) is 11.1 Å². The zero-order valence-electron chi connectivity index (χ0n) is 11.8. The Morgan fingerprint density at radius 2 is 2.00 bits per heavy atom. The zero-order valence-corrected chi connectivity index (χ0v) is 11.8. The van der Waals surface area contributed by atoms with E-state index in [4.69, 9.17) is 10.5 Å². The summed E-state index contributed by atoms with van der Waals surface area (Å²) in [7, 11) is 1.64. The molecule has 1 aromatic carbocycles. The quantitative estimate of drug-likeness (QED) is 0.775. The summed E-state index contributed by atoms with van der Waals surface area (Å²) in [5.74, 6) is 1.35. The molecule has 4 nitrogen and oxygen atoms in total. The Hall–Kier alpha value is -2.49. The van der Waals surface area contributed by atoms with Crippen molar-refractivity contribution in [3.8, 4) is 17.0 Å². The first-order valence-electron chi connectivity index (χ1n) is 6.50. The van der Waals surface area contributed by atoms with Gasteiger partial charge in [0.1, 0.15) is 11.5 Å². The van der Waals surface area contributed by atoms with Crippen LogP contribution in [0, 0.1) is 13.8 Å². The minimum Gasteiger partial charge on any atom is -0.493 e. The lowest BCUT2D eigenvalue weighted by atomic mass is 10.0. The fourth-order valence-electron chi connectivity index (χ4n) is 2.50. The molecule has 0 unspecified atom stereocenters. The molecule has 3 aromatic rings. The van der Waals surface area contributed by atoms with Crippen LogP contribution in [0.3, 0.4) is 0 Å². The van der Waals surface area contributed by atoms with Crippen molar-refractivity contribution < 1.29 is 4.74 Å². The first-order valence-corrected chi connectivity index (χ1v) is 6.50. The molecule has 0 bridgehead atoms. The molecule has 2 aromatic heterocycles. The van der Waals surface area contributed by atoms with E-state index in [2.05, 4.69) is 37.0 Å². The van der Waals surface area contributed by atoms with Gasteiger partial charge in [0.2, 0.25) is 0 Å². The second kappa shape index (κ2) is 4.56. The summed E-state index contributed by atoms with van der Waals surface area (Å²) in [5.41, 5.74) is 11.2. The number of aromatic nitrogens is 2. The van der Waals surface area contributed by atoms with Crippen molar-refractivity contribution in [2.75, 3.05) is 12.8 Å². The Morgan fingerprint density at radius 3 is 2.70 bits per heavy atom. The van der Waals surface area contributed by atoms with E-state index in [1.807, 2.05) is 22.7 Å². The summed E-state index contributed by atoms with van der Waals surface area (Å²) in [6, 6.07) is 10.1. The average molecular weight is 267 g/mol. The monoisotopic (exact) mass is 267 g/mol. The van der Waals surface area contributed by atoms with Crippen LogP contribution in [-0.4, -0.2) is 16.5 Å². The van der Waals surface area contributed by atoms with Crippen LogP contribution in [0.2, 0.25) is 0 Å². The van der Waals surface area contributed by atoms with Gasteiger partial charge in [-0.05, 0) is 31.5 Å². The summed E-state index contributed by atoms with van der Waals surface area (Å²) in [6.07, 6.45) is 1.90. The van der Waals surface area contributed by atoms with Crippen molar-refractivity contribution >= 4 is 11.5 Å². The molecule has 0 aliphatic heterocycles. The van der Waals surface area contributed by atoms with Gasteiger partial charge >= 0.3 is 0 Å². The van der Waals surface area contributed by atoms with Crippen molar-refractivity contribution in [2.24, 2.45) is 0 Å². The molecule has 2 N–H and O–H groups in total. The fraction of sp³-hybridized carbons (Fsp3) is 0.188. The lowest BCUT2D eigenvalue weighted by molar-refractivity contribution is 0.417. The fourth-order valence-corrected chi connectivity index (χ4v) is 2.50. The molecule has 0 radical (unpaired) electrons. The Labute approximate surface area is 117 Å². The van der Waals surface area contributed by atoms with Gasteiger partial charge in [-0.25, -0.2) is 4.98 Å². The third-order valence-electron chi connectivity index (χ3n) is 3.51. The van der Waals surface area contributed by atoms with Crippen molar-refractivity contribution in [2.45, 2.75) is 13.8 Å². The number of ether oxygens (including phenoxy) is 1. The van der Waals surface area contributed by atoms with Gasteiger partial charge in [-0.1, -0.05) is 23.8 Å². The van der Waals surface area contributed by atoms with Crippen LogP contribution in [0.5, 0.6) is 5.75 Å². The molecule has 3 rings (SSSR count). The van der Waals surface area contributed by atoms with Crippen molar-refractivity contribution in [3.05, 3.63) is 47.7 Å². The summed E-state index contributed by atoms with van der Waals surface area (Å²) in [6.45, 7) is 4.15. The maximum atomic E-state index is 6.25. The van der Waals surface area contributed by atoms with E-state index in [0.29, 0.717) is 5.82 Å². The van der Waals surface area contributed by atoms with E-state index in [1.165, 1.54) is 11.1 Å². The molecule has 0 fully saturated rings. The highest BCUT2D eigenvalue weighted by atomic mass is 16.5. The minimum atomic E-state index is 0.630. The number of hydrogen-bond donors (Lipinski definition) is 1. The first kappa shape index (κ1) is 12.5. The highest BCUT2D eigenvalue weighted by molar-refractivity contribution is 5.78. The maximum absolute atomic E-state index is 6.25. The van der Waals surface area contributed by atoms with Gasteiger partial charge in [-0.15, -0.1) is 0 Å². The molecule has 2 heterocycles. The van der Waals surface area contributed by atoms with Gasteiger partial charge in [-0.2, -0.15) is 0 Å². The molecule has 0 aliphatic rings. The number of anilines is 1. The average Bonchev–Trinajstić information content (AvgIpc) is 2.76. The predicted molar refractivity (Wildman–Crippen MR) is 81.1 cm³/mol. The number of imidazole rings is 1. The molecule has 0 atom stereocenters. The number of nitrogen functional groups attached to an aromatic ring is 1. The topological polar surface area (TPSA) is 52.5 Å². The van der Waals surface area contributed by atoms with Gasteiger partial charge in [0.25, 0.3) is 0 Å². The number of nitrogens with two attached hydrogens (primary N) is 1. The maximum Gasteiger partial charge on any atom is 0.181 e. The first-order chi connectivity index (χ1) is 9.61. The molecule has 4 heteroatoms. The van der Waals surface area contributed by atoms with E-state index in [1.54, 1.807) is 7.11 Å². The molecule has 0 spiro atoms. The van der Waals surface area contributed by atoms with Gasteiger partial charge in [0, 0.05) is 11.8 Å². The van der Waals surface area contributed by atoms with Gasteiger partial charge in [0.05, 0.1) is 7.11 Å². The SMILES string of the molecule is COc1cccn2c(N)c(-c3ccc(C)cc3C)nc12. The molecule has 0 saturated carbocycles. The zero-order chi connectivity index (χ0) is 14.3. The van der Waals surface area contributed by atoms with Crippen LogP contribution in [0.25, 0.3) is 16.9 Å². The molecular formula is C16H17N3O. The standard InChI is InChI=1S/C16H17N3O/c1-10-6-7-12(11(2)9-10)14-15(17)19-8-4-5-13(20-3)16(19)18-14/h4-9H,17H2,1-3H3. The molecule has 102 valence electrons. The van der Waals surface area contributed by atoms with Gasteiger partial charge in [0.15, 0.2) is 11.4 Å². The highest BCUT2D eigenvalue weighted by Gasteiger charge is 2.15. The van der Waals surface area contributed by atoms with E-state index >= 15 is 0 Å². The van der Waals surface area contributed by atoms with E-state index < -0.39 is 0 Å². The second-order valence-electron chi connectivity index (χ2n) is 4.93. The second-order valence-corrected chi connectivity index (χ2v) is 4.93. The largest absolute Gasteiger partial charge is 0.493 e. The lowest BCUT2D eigenvalue weighted by Gasteiger charge is -2.05. The third-order valence-corrected chi connectivity index (χ3v) is 3.51. The Morgan fingerprint density at radius 1 is 1.20 bits per heavy atom. The predicted octanol–water partition coefficient (Wildman–Crippen LogP) is 3.21. The van der Waals surface area contributed by atoms with E-state index in [-0.39, 0.29) is 0 Å². The molecule has 0 amide bonds. The number of methoxy groups -OCH3 is 1. The van der Waals surface area contributed by atoms with Crippen LogP contribution >= 0.6 is 0 Å². The van der Waals surface area contributed by atoms with Gasteiger partial charge in [-0.3, -0.25) is 4.40 Å². The molecular weight excluding hydrogens is 250 g/mol. The summed E-state index contributed by atoms with van der Waals surface area (Å²) in [5, 5.41) is 0. The number of fused-ring (bicyclic) bond motifs is 1. The summed E-state index contributed by atoms with van der Waals surface area (Å²) in [4.78, 5) is 4.66. The Balaban J connectivity index is 2.29. The number of pyridine rings is 1. The highest BCUT2D eigenvalue weighted by Crippen LogP contribution is 2.32. The van der Waals surface area contributed by atoms with Crippen LogP contribution < -0.4 is 10.5 Å². The normalized spacial score (nSPS) is 10.9. The number of benzene rings is 1. The van der Waals surface area contributed by atoms with Crippen molar-refractivity contribution in [1.82, 2.24) is 9.38 Å². The summed E-state index contributed by atoms with van der Waals surface area (Å²) >= 11 is 0.